The second-order valence-corrected chi connectivity index (χ2v) is 9.62. The van der Waals surface area contributed by atoms with Crippen LogP contribution in [0.5, 0.6) is 0 Å². The molecule has 0 spiro atoms. The van der Waals surface area contributed by atoms with Gasteiger partial charge in [0.2, 0.25) is 0 Å². The summed E-state index contributed by atoms with van der Waals surface area (Å²) in [4.78, 5) is 2.46. The molecule has 0 bridgehead atoms. The molecule has 4 rings (SSSR count). The second kappa shape index (κ2) is 8.78. The van der Waals surface area contributed by atoms with Gasteiger partial charge in [-0.05, 0) is 94.0 Å². The van der Waals surface area contributed by atoms with E-state index in [2.05, 4.69) is 43.0 Å². The third kappa shape index (κ3) is 4.32. The van der Waals surface area contributed by atoms with Gasteiger partial charge in [0.1, 0.15) is 11.3 Å². The average Bonchev–Trinajstić information content (AvgIpc) is 2.70. The van der Waals surface area contributed by atoms with Crippen molar-refractivity contribution in [3.63, 3.8) is 0 Å². The molecule has 0 heterocycles. The fraction of sp³-hybridized carbons (Fsp3) is 0.556. The van der Waals surface area contributed by atoms with Crippen LogP contribution in [0.2, 0.25) is 0 Å². The summed E-state index contributed by atoms with van der Waals surface area (Å²) in [7, 11) is 0. The van der Waals surface area contributed by atoms with Gasteiger partial charge in [0, 0.05) is 12.6 Å². The van der Waals surface area contributed by atoms with Crippen LogP contribution in [0.3, 0.4) is 0 Å². The lowest BCUT2D eigenvalue weighted by Gasteiger charge is -2.40. The van der Waals surface area contributed by atoms with Crippen LogP contribution in [0.25, 0.3) is 0 Å². The number of benzene rings is 2. The van der Waals surface area contributed by atoms with Gasteiger partial charge in [0.25, 0.3) is 0 Å². The minimum absolute atomic E-state index is 0.429. The minimum Gasteiger partial charge on any atom is -0.297 e. The summed E-state index contributed by atoms with van der Waals surface area (Å²) in [5.74, 6) is 0. The van der Waals surface area contributed by atoms with E-state index in [9.17, 15) is 0 Å². The molecule has 0 aromatic heterocycles. The molecule has 0 unspecified atom stereocenters. The Balaban J connectivity index is 1.51. The van der Waals surface area contributed by atoms with Crippen LogP contribution in [-0.4, -0.2) is 17.5 Å². The van der Waals surface area contributed by atoms with Crippen molar-refractivity contribution in [3.05, 3.63) is 70.8 Å². The lowest BCUT2D eigenvalue weighted by Crippen LogP contribution is -2.35. The van der Waals surface area contributed by atoms with Gasteiger partial charge < -0.3 is 0 Å². The van der Waals surface area contributed by atoms with E-state index in [0.29, 0.717) is 31.7 Å². The molecule has 0 atom stereocenters. The Morgan fingerprint density at radius 1 is 0.833 bits per heavy atom. The van der Waals surface area contributed by atoms with Crippen LogP contribution >= 0.6 is 0 Å². The van der Waals surface area contributed by atoms with Crippen molar-refractivity contribution < 1.29 is 8.78 Å². The molecule has 0 saturated heterocycles. The van der Waals surface area contributed by atoms with Gasteiger partial charge in [0.05, 0.1) is 0 Å². The summed E-state index contributed by atoms with van der Waals surface area (Å²) in [6.45, 7) is 6.28. The number of rotatable bonds is 9. The number of hydrogen-bond donors (Lipinski definition) is 0. The van der Waals surface area contributed by atoms with Gasteiger partial charge in [-0.1, -0.05) is 48.5 Å². The number of halogens is 2. The molecular weight excluding hydrogens is 376 g/mol. The normalized spacial score (nSPS) is 19.5. The van der Waals surface area contributed by atoms with E-state index in [1.54, 1.807) is 0 Å². The van der Waals surface area contributed by atoms with Crippen LogP contribution in [0, 0.1) is 0 Å². The highest BCUT2D eigenvalue weighted by Crippen LogP contribution is 2.51. The molecule has 2 aromatic rings. The van der Waals surface area contributed by atoms with Crippen LogP contribution in [-0.2, 0) is 24.3 Å². The van der Waals surface area contributed by atoms with Crippen LogP contribution in [0.4, 0.5) is 8.78 Å². The van der Waals surface area contributed by atoms with Crippen LogP contribution in [0.15, 0.2) is 48.5 Å². The molecule has 0 N–H and O–H groups in total. The molecule has 0 radical (unpaired) electrons. The van der Waals surface area contributed by atoms with Gasteiger partial charge in [-0.2, -0.15) is 0 Å². The lowest BCUT2D eigenvalue weighted by molar-refractivity contribution is 0.0513. The Morgan fingerprint density at radius 2 is 1.40 bits per heavy atom. The summed E-state index contributed by atoms with van der Waals surface area (Å²) in [6, 6.07) is 16.7. The van der Waals surface area contributed by atoms with Gasteiger partial charge in [0.15, 0.2) is 0 Å². The first-order valence-electron chi connectivity index (χ1n) is 11.7. The lowest BCUT2D eigenvalue weighted by atomic mass is 9.69. The van der Waals surface area contributed by atoms with E-state index >= 15 is 8.78 Å². The summed E-state index contributed by atoms with van der Waals surface area (Å²) in [5, 5.41) is 0. The first-order chi connectivity index (χ1) is 14.4. The smallest absolute Gasteiger partial charge is 0.136 e. The highest BCUT2D eigenvalue weighted by atomic mass is 19.1. The summed E-state index contributed by atoms with van der Waals surface area (Å²) in [5.41, 5.74) is 1.33. The average molecular weight is 412 g/mol. The molecule has 2 aliphatic carbocycles. The Bertz CT molecular complexity index is 799. The SMILES string of the molecule is CC(C)N(CCCc1c(C2(F)CCC2)cccc1C1(F)CCC1)Cc1ccccc1. The van der Waals surface area contributed by atoms with Crippen molar-refractivity contribution >= 4 is 0 Å². The maximum Gasteiger partial charge on any atom is 0.136 e. The first-order valence-corrected chi connectivity index (χ1v) is 11.7. The van der Waals surface area contributed by atoms with Gasteiger partial charge in [-0.3, -0.25) is 4.90 Å². The largest absolute Gasteiger partial charge is 0.297 e. The van der Waals surface area contributed by atoms with Crippen molar-refractivity contribution in [2.45, 2.75) is 89.1 Å². The molecule has 0 aliphatic heterocycles. The topological polar surface area (TPSA) is 3.24 Å². The number of nitrogens with zero attached hydrogens (tertiary/aromatic N) is 1. The second-order valence-electron chi connectivity index (χ2n) is 9.62. The summed E-state index contributed by atoms with van der Waals surface area (Å²) in [6.07, 6.45) is 5.84. The van der Waals surface area contributed by atoms with Crippen LogP contribution < -0.4 is 0 Å². The zero-order valence-corrected chi connectivity index (χ0v) is 18.5. The molecule has 30 heavy (non-hydrogen) atoms. The van der Waals surface area contributed by atoms with Gasteiger partial charge in [-0.15, -0.1) is 0 Å². The predicted octanol–water partition coefficient (Wildman–Crippen LogP) is 7.23. The first kappa shape index (κ1) is 21.5. The molecule has 0 amide bonds. The van der Waals surface area contributed by atoms with Crippen molar-refractivity contribution in [2.75, 3.05) is 6.54 Å². The van der Waals surface area contributed by atoms with Crippen LogP contribution in [0.1, 0.15) is 81.0 Å². The van der Waals surface area contributed by atoms with Gasteiger partial charge >= 0.3 is 0 Å². The molecule has 2 aliphatic rings. The fourth-order valence-corrected chi connectivity index (χ4v) is 5.01. The van der Waals surface area contributed by atoms with E-state index in [0.717, 1.165) is 55.5 Å². The Morgan fingerprint density at radius 3 is 1.87 bits per heavy atom. The van der Waals surface area contributed by atoms with Gasteiger partial charge in [-0.25, -0.2) is 8.78 Å². The highest BCUT2D eigenvalue weighted by molar-refractivity contribution is 5.44. The number of alkyl halides is 2. The molecule has 1 nitrogen and oxygen atoms in total. The van der Waals surface area contributed by atoms with Crippen molar-refractivity contribution in [1.29, 1.82) is 0 Å². The van der Waals surface area contributed by atoms with E-state index < -0.39 is 11.3 Å². The zero-order valence-electron chi connectivity index (χ0n) is 18.5. The monoisotopic (exact) mass is 411 g/mol. The molecular formula is C27H35F2N. The van der Waals surface area contributed by atoms with E-state index in [1.807, 2.05) is 24.3 Å². The van der Waals surface area contributed by atoms with Crippen molar-refractivity contribution in [3.8, 4) is 0 Å². The maximum absolute atomic E-state index is 15.5. The summed E-state index contributed by atoms with van der Waals surface area (Å²) >= 11 is 0. The fourth-order valence-electron chi connectivity index (χ4n) is 5.01. The third-order valence-electron chi connectivity index (χ3n) is 7.26. The Kier molecular flexibility index (Phi) is 6.29. The van der Waals surface area contributed by atoms with Crippen molar-refractivity contribution in [1.82, 2.24) is 4.90 Å². The van der Waals surface area contributed by atoms with E-state index in [4.69, 9.17) is 0 Å². The molecule has 2 fully saturated rings. The molecule has 2 saturated carbocycles. The third-order valence-corrected chi connectivity index (χ3v) is 7.26. The standard InChI is InChI=1S/C27H35F2N/c1-21(2)30(20-22-10-4-3-5-11-22)19-7-12-23-24(26(28)15-8-16-26)13-6-14-25(23)27(29)17-9-18-27/h3-6,10-11,13-14,21H,7-9,12,15-20H2,1-2H3. The van der Waals surface area contributed by atoms with E-state index in [-0.39, 0.29) is 0 Å². The number of hydrogen-bond acceptors (Lipinski definition) is 1. The molecule has 162 valence electrons. The Labute approximate surface area is 180 Å². The molecule has 3 heteroatoms. The van der Waals surface area contributed by atoms with Crippen molar-refractivity contribution in [2.24, 2.45) is 0 Å². The zero-order chi connectivity index (χ0) is 21.2. The summed E-state index contributed by atoms with van der Waals surface area (Å²) < 4.78 is 30.9. The quantitative estimate of drug-likeness (QED) is 0.421. The Hall–Kier alpha value is -1.74. The maximum atomic E-state index is 15.5. The molecule has 2 aromatic carbocycles. The highest BCUT2D eigenvalue weighted by Gasteiger charge is 2.45. The minimum atomic E-state index is -1.24. The van der Waals surface area contributed by atoms with E-state index in [1.165, 1.54) is 5.56 Å². The predicted molar refractivity (Wildman–Crippen MR) is 120 cm³/mol.